The maximum Gasteiger partial charge on any atom is 0.311 e. The fourth-order valence-corrected chi connectivity index (χ4v) is 1.80. The van der Waals surface area contributed by atoms with Gasteiger partial charge in [0.15, 0.2) is 0 Å². The number of carbonyl (C=O) groups is 1. The van der Waals surface area contributed by atoms with Crippen molar-refractivity contribution in [2.45, 2.75) is 12.8 Å². The van der Waals surface area contributed by atoms with Gasteiger partial charge in [-0.05, 0) is 18.1 Å². The zero-order chi connectivity index (χ0) is 15.2. The summed E-state index contributed by atoms with van der Waals surface area (Å²) in [6.07, 6.45) is 0.573. The number of hydrogen-bond acceptors (Lipinski definition) is 5. The van der Waals surface area contributed by atoms with Crippen molar-refractivity contribution >= 4 is 11.7 Å². The second-order valence-corrected chi connectivity index (χ2v) is 4.37. The number of hydrogen-bond donors (Lipinski definition) is 1. The SMILES string of the molecule is O=C(CCc1ccccc1)Oc1cc(O)ccc1[N+](=O)[O-]. The lowest BCUT2D eigenvalue weighted by Crippen LogP contribution is -2.10. The molecule has 2 aromatic carbocycles. The molecular weight excluding hydrogens is 274 g/mol. The molecule has 0 spiro atoms. The number of nitro benzene ring substituents is 1. The van der Waals surface area contributed by atoms with Gasteiger partial charge in [0, 0.05) is 18.6 Å². The highest BCUT2D eigenvalue weighted by molar-refractivity contribution is 5.74. The van der Waals surface area contributed by atoms with Gasteiger partial charge in [0.25, 0.3) is 0 Å². The summed E-state index contributed by atoms with van der Waals surface area (Å²) in [7, 11) is 0. The Morgan fingerprint density at radius 1 is 1.19 bits per heavy atom. The molecule has 0 unspecified atom stereocenters. The first-order chi connectivity index (χ1) is 10.1. The van der Waals surface area contributed by atoms with Gasteiger partial charge < -0.3 is 9.84 Å². The van der Waals surface area contributed by atoms with Gasteiger partial charge in [0.05, 0.1) is 4.92 Å². The van der Waals surface area contributed by atoms with E-state index in [9.17, 15) is 20.0 Å². The Hall–Kier alpha value is -2.89. The van der Waals surface area contributed by atoms with Gasteiger partial charge in [-0.15, -0.1) is 0 Å². The van der Waals surface area contributed by atoms with E-state index in [1.807, 2.05) is 30.3 Å². The molecule has 0 fully saturated rings. The maximum atomic E-state index is 11.7. The van der Waals surface area contributed by atoms with E-state index in [-0.39, 0.29) is 23.6 Å². The summed E-state index contributed by atoms with van der Waals surface area (Å²) >= 11 is 0. The van der Waals surface area contributed by atoms with Crippen LogP contribution in [0.1, 0.15) is 12.0 Å². The van der Waals surface area contributed by atoms with Crippen LogP contribution in [0.4, 0.5) is 5.69 Å². The number of rotatable bonds is 5. The van der Waals surface area contributed by atoms with Gasteiger partial charge >= 0.3 is 11.7 Å². The number of nitrogens with zero attached hydrogens (tertiary/aromatic N) is 1. The highest BCUT2D eigenvalue weighted by Gasteiger charge is 2.18. The molecule has 0 heterocycles. The predicted molar refractivity (Wildman–Crippen MR) is 75.2 cm³/mol. The molecule has 6 heteroatoms. The van der Waals surface area contributed by atoms with E-state index in [0.717, 1.165) is 17.7 Å². The third-order valence-electron chi connectivity index (χ3n) is 2.82. The molecule has 1 N–H and O–H groups in total. The van der Waals surface area contributed by atoms with Crippen molar-refractivity contribution in [2.75, 3.05) is 0 Å². The van der Waals surface area contributed by atoms with E-state index in [4.69, 9.17) is 4.74 Å². The Labute approximate surface area is 120 Å². The first-order valence-corrected chi connectivity index (χ1v) is 6.28. The molecule has 0 amide bonds. The van der Waals surface area contributed by atoms with Crippen LogP contribution in [-0.2, 0) is 11.2 Å². The Bertz CT molecular complexity index is 654. The highest BCUT2D eigenvalue weighted by Crippen LogP contribution is 2.30. The molecule has 0 saturated carbocycles. The summed E-state index contributed by atoms with van der Waals surface area (Å²) in [4.78, 5) is 21.9. The van der Waals surface area contributed by atoms with Gasteiger partial charge in [-0.1, -0.05) is 30.3 Å². The largest absolute Gasteiger partial charge is 0.508 e. The lowest BCUT2D eigenvalue weighted by atomic mass is 10.1. The molecule has 0 aliphatic heterocycles. The minimum atomic E-state index is -0.667. The quantitative estimate of drug-likeness (QED) is 0.395. The standard InChI is InChI=1S/C15H13NO5/c17-12-7-8-13(16(19)20)14(10-12)21-15(18)9-6-11-4-2-1-3-5-11/h1-5,7-8,10,17H,6,9H2. The maximum absolute atomic E-state index is 11.7. The van der Waals surface area contributed by atoms with Crippen LogP contribution in [0.15, 0.2) is 48.5 Å². The molecule has 0 aliphatic rings. The Balaban J connectivity index is 2.02. The van der Waals surface area contributed by atoms with Crippen LogP contribution in [0.5, 0.6) is 11.5 Å². The lowest BCUT2D eigenvalue weighted by Gasteiger charge is -2.05. The van der Waals surface area contributed by atoms with E-state index in [2.05, 4.69) is 0 Å². The number of benzene rings is 2. The topological polar surface area (TPSA) is 89.7 Å². The Kier molecular flexibility index (Phi) is 4.50. The first kappa shape index (κ1) is 14.5. The number of nitro groups is 1. The van der Waals surface area contributed by atoms with E-state index in [1.54, 1.807) is 0 Å². The van der Waals surface area contributed by atoms with Crippen LogP contribution in [0.2, 0.25) is 0 Å². The van der Waals surface area contributed by atoms with E-state index in [0.29, 0.717) is 6.42 Å². The van der Waals surface area contributed by atoms with Crippen molar-refractivity contribution in [1.82, 2.24) is 0 Å². The Morgan fingerprint density at radius 2 is 1.90 bits per heavy atom. The molecule has 0 atom stereocenters. The fraction of sp³-hybridized carbons (Fsp3) is 0.133. The zero-order valence-electron chi connectivity index (χ0n) is 11.1. The number of esters is 1. The molecule has 108 valence electrons. The number of carbonyl (C=O) groups excluding carboxylic acids is 1. The van der Waals surface area contributed by atoms with Gasteiger partial charge in [-0.3, -0.25) is 14.9 Å². The second kappa shape index (κ2) is 6.51. The number of phenolic OH excluding ortho intramolecular Hbond substituents is 1. The number of phenols is 1. The van der Waals surface area contributed by atoms with Crippen molar-refractivity contribution in [3.63, 3.8) is 0 Å². The zero-order valence-corrected chi connectivity index (χ0v) is 11.1. The average Bonchev–Trinajstić information content (AvgIpc) is 2.46. The lowest BCUT2D eigenvalue weighted by molar-refractivity contribution is -0.385. The molecule has 6 nitrogen and oxygen atoms in total. The number of aromatic hydroxyl groups is 1. The second-order valence-electron chi connectivity index (χ2n) is 4.37. The smallest absolute Gasteiger partial charge is 0.311 e. The predicted octanol–water partition coefficient (Wildman–Crippen LogP) is 2.84. The molecule has 0 aromatic heterocycles. The third-order valence-corrected chi connectivity index (χ3v) is 2.82. The van der Waals surface area contributed by atoms with Crippen LogP contribution >= 0.6 is 0 Å². The minimum Gasteiger partial charge on any atom is -0.508 e. The van der Waals surface area contributed by atoms with Crippen LogP contribution in [0.25, 0.3) is 0 Å². The molecule has 0 saturated heterocycles. The first-order valence-electron chi connectivity index (χ1n) is 6.28. The minimum absolute atomic E-state index is 0.0941. The summed E-state index contributed by atoms with van der Waals surface area (Å²) in [6.45, 7) is 0. The van der Waals surface area contributed by atoms with E-state index in [1.165, 1.54) is 6.07 Å². The van der Waals surface area contributed by atoms with E-state index < -0.39 is 10.9 Å². The highest BCUT2D eigenvalue weighted by atomic mass is 16.6. The summed E-state index contributed by atoms with van der Waals surface area (Å²) < 4.78 is 4.97. The van der Waals surface area contributed by atoms with Crippen LogP contribution < -0.4 is 4.74 Å². The van der Waals surface area contributed by atoms with Crippen molar-refractivity contribution in [3.05, 3.63) is 64.2 Å². The third kappa shape index (κ3) is 4.04. The normalized spacial score (nSPS) is 10.1. The van der Waals surface area contributed by atoms with Gasteiger partial charge in [-0.25, -0.2) is 0 Å². The van der Waals surface area contributed by atoms with Crippen LogP contribution in [0.3, 0.4) is 0 Å². The van der Waals surface area contributed by atoms with Crippen molar-refractivity contribution in [2.24, 2.45) is 0 Å². The monoisotopic (exact) mass is 287 g/mol. The number of ether oxygens (including phenoxy) is 1. The Morgan fingerprint density at radius 3 is 2.57 bits per heavy atom. The van der Waals surface area contributed by atoms with Crippen molar-refractivity contribution in [3.8, 4) is 11.5 Å². The van der Waals surface area contributed by atoms with Crippen molar-refractivity contribution in [1.29, 1.82) is 0 Å². The van der Waals surface area contributed by atoms with Crippen LogP contribution in [0, 0.1) is 10.1 Å². The van der Waals surface area contributed by atoms with Crippen molar-refractivity contribution < 1.29 is 19.6 Å². The fourth-order valence-electron chi connectivity index (χ4n) is 1.80. The molecule has 0 bridgehead atoms. The summed E-state index contributed by atoms with van der Waals surface area (Å²) in [6, 6.07) is 12.7. The molecule has 0 aliphatic carbocycles. The summed E-state index contributed by atoms with van der Waals surface area (Å²) in [5.41, 5.74) is 0.612. The molecule has 21 heavy (non-hydrogen) atoms. The van der Waals surface area contributed by atoms with Gasteiger partial charge in [0.2, 0.25) is 5.75 Å². The molecule has 2 rings (SSSR count). The van der Waals surface area contributed by atoms with Crippen LogP contribution in [-0.4, -0.2) is 16.0 Å². The molecule has 2 aromatic rings. The van der Waals surface area contributed by atoms with E-state index >= 15 is 0 Å². The molecular formula is C15H13NO5. The summed E-state index contributed by atoms with van der Waals surface area (Å²) in [5, 5.41) is 20.2. The summed E-state index contributed by atoms with van der Waals surface area (Å²) in [5.74, 6) is -1.04. The molecule has 0 radical (unpaired) electrons. The average molecular weight is 287 g/mol. The van der Waals surface area contributed by atoms with Gasteiger partial charge in [0.1, 0.15) is 5.75 Å². The van der Waals surface area contributed by atoms with Gasteiger partial charge in [-0.2, -0.15) is 0 Å². The number of aryl methyl sites for hydroxylation is 1.